The molecule has 1 fully saturated rings. The zero-order valence-corrected chi connectivity index (χ0v) is 11.8. The Labute approximate surface area is 118 Å². The van der Waals surface area contributed by atoms with Crippen LogP contribution in [0.25, 0.3) is 11.3 Å². The van der Waals surface area contributed by atoms with E-state index in [1.54, 1.807) is 11.3 Å². The second-order valence-electron chi connectivity index (χ2n) is 5.05. The summed E-state index contributed by atoms with van der Waals surface area (Å²) in [4.78, 5) is 6.76. The number of rotatable bonds is 2. The van der Waals surface area contributed by atoms with Crippen LogP contribution in [0.2, 0.25) is 0 Å². The second kappa shape index (κ2) is 5.61. The molecule has 1 aromatic carbocycles. The van der Waals surface area contributed by atoms with Crippen molar-refractivity contribution in [3.05, 3.63) is 29.1 Å². The van der Waals surface area contributed by atoms with E-state index < -0.39 is 0 Å². The minimum atomic E-state index is 0.868. The smallest absolute Gasteiger partial charge is 0.0811 e. The molecule has 0 spiro atoms. The van der Waals surface area contributed by atoms with Crippen LogP contribution in [0.5, 0.6) is 0 Å². The van der Waals surface area contributed by atoms with E-state index in [1.165, 1.54) is 31.4 Å². The normalized spacial score (nSPS) is 16.3. The predicted octanol–water partition coefficient (Wildman–Crippen LogP) is 3.77. The molecule has 1 aromatic heterocycles. The number of thiazole rings is 1. The maximum Gasteiger partial charge on any atom is 0.0811 e. The van der Waals surface area contributed by atoms with Crippen LogP contribution in [-0.2, 0) is 0 Å². The van der Waals surface area contributed by atoms with E-state index in [2.05, 4.69) is 33.5 Å². The van der Waals surface area contributed by atoms with E-state index in [0.29, 0.717) is 0 Å². The average Bonchev–Trinajstić information content (AvgIpc) is 2.82. The molecule has 0 radical (unpaired) electrons. The Kier molecular flexibility index (Phi) is 3.69. The van der Waals surface area contributed by atoms with Crippen molar-refractivity contribution in [3.8, 4) is 11.3 Å². The monoisotopic (exact) mass is 273 g/mol. The Morgan fingerprint density at radius 3 is 2.53 bits per heavy atom. The van der Waals surface area contributed by atoms with E-state index in [-0.39, 0.29) is 0 Å². The van der Waals surface area contributed by atoms with Gasteiger partial charge in [-0.2, -0.15) is 0 Å². The van der Waals surface area contributed by atoms with Gasteiger partial charge in [-0.25, -0.2) is 4.98 Å². The lowest BCUT2D eigenvalue weighted by molar-refractivity contribution is 0.726. The summed E-state index contributed by atoms with van der Waals surface area (Å²) >= 11 is 1.61. The Morgan fingerprint density at radius 2 is 1.89 bits per heavy atom. The maximum absolute atomic E-state index is 6.24. The fourth-order valence-corrected chi connectivity index (χ4v) is 3.23. The van der Waals surface area contributed by atoms with E-state index in [0.717, 1.165) is 30.0 Å². The number of nitrogen functional groups attached to an aromatic ring is 1. The Balaban J connectivity index is 1.87. The van der Waals surface area contributed by atoms with Crippen molar-refractivity contribution in [2.75, 3.05) is 23.7 Å². The summed E-state index contributed by atoms with van der Waals surface area (Å²) in [6.07, 6.45) is 5.22. The Bertz CT molecular complexity index is 528. The first-order valence-corrected chi connectivity index (χ1v) is 7.82. The van der Waals surface area contributed by atoms with Crippen LogP contribution in [0.4, 0.5) is 11.4 Å². The Morgan fingerprint density at radius 1 is 1.11 bits per heavy atom. The first-order chi connectivity index (χ1) is 9.34. The van der Waals surface area contributed by atoms with E-state index >= 15 is 0 Å². The highest BCUT2D eigenvalue weighted by Crippen LogP contribution is 2.30. The lowest BCUT2D eigenvalue weighted by atomic mass is 10.1. The second-order valence-corrected chi connectivity index (χ2v) is 5.77. The van der Waals surface area contributed by atoms with Crippen molar-refractivity contribution in [1.29, 1.82) is 0 Å². The third-order valence-corrected chi connectivity index (χ3v) is 4.29. The fraction of sp³-hybridized carbons (Fsp3) is 0.400. The van der Waals surface area contributed by atoms with Gasteiger partial charge in [-0.15, -0.1) is 11.3 Å². The molecule has 2 N–H and O–H groups in total. The molecule has 100 valence electrons. The molecule has 2 heterocycles. The number of hydrogen-bond acceptors (Lipinski definition) is 4. The summed E-state index contributed by atoms with van der Waals surface area (Å²) in [5, 5.41) is 2.06. The average molecular weight is 273 g/mol. The molecule has 0 bridgehead atoms. The zero-order valence-electron chi connectivity index (χ0n) is 11.0. The molecular weight excluding hydrogens is 254 g/mol. The van der Waals surface area contributed by atoms with Crippen LogP contribution in [0.1, 0.15) is 25.7 Å². The van der Waals surface area contributed by atoms with Crippen molar-refractivity contribution in [3.63, 3.8) is 0 Å². The molecule has 0 saturated carbocycles. The van der Waals surface area contributed by atoms with Gasteiger partial charge < -0.3 is 10.6 Å². The first kappa shape index (κ1) is 12.5. The summed E-state index contributed by atoms with van der Waals surface area (Å²) in [5.41, 5.74) is 12.3. The highest BCUT2D eigenvalue weighted by atomic mass is 32.1. The fourth-order valence-electron chi connectivity index (χ4n) is 2.67. The highest BCUT2D eigenvalue weighted by Gasteiger charge is 2.13. The van der Waals surface area contributed by atoms with Crippen LogP contribution in [0.3, 0.4) is 0 Å². The lowest BCUT2D eigenvalue weighted by Gasteiger charge is -2.24. The molecule has 1 aliphatic heterocycles. The molecule has 3 nitrogen and oxygen atoms in total. The van der Waals surface area contributed by atoms with Gasteiger partial charge in [-0.05, 0) is 25.0 Å². The van der Waals surface area contributed by atoms with Gasteiger partial charge in [-0.1, -0.05) is 18.9 Å². The summed E-state index contributed by atoms with van der Waals surface area (Å²) in [5.74, 6) is 0. The summed E-state index contributed by atoms with van der Waals surface area (Å²) in [6.45, 7) is 2.25. The molecule has 0 unspecified atom stereocenters. The summed E-state index contributed by atoms with van der Waals surface area (Å²) in [6, 6.07) is 6.33. The molecule has 2 aromatic rings. The standard InChI is InChI=1S/C15H19N3S/c16-13-9-12(14-10-19-11-17-14)5-6-15(13)18-7-3-1-2-4-8-18/h5-6,9-11H,1-4,7-8,16H2. The van der Waals surface area contributed by atoms with Crippen molar-refractivity contribution in [2.45, 2.75) is 25.7 Å². The molecule has 1 saturated heterocycles. The van der Waals surface area contributed by atoms with Crippen molar-refractivity contribution in [1.82, 2.24) is 4.98 Å². The molecule has 0 amide bonds. The highest BCUT2D eigenvalue weighted by molar-refractivity contribution is 7.07. The maximum atomic E-state index is 6.24. The van der Waals surface area contributed by atoms with Gasteiger partial charge in [0, 0.05) is 24.0 Å². The first-order valence-electron chi connectivity index (χ1n) is 6.87. The Hall–Kier alpha value is -1.55. The van der Waals surface area contributed by atoms with E-state index in [1.807, 2.05) is 5.51 Å². The van der Waals surface area contributed by atoms with Crippen LogP contribution in [0.15, 0.2) is 29.1 Å². The largest absolute Gasteiger partial charge is 0.397 e. The van der Waals surface area contributed by atoms with Gasteiger partial charge >= 0.3 is 0 Å². The van der Waals surface area contributed by atoms with Gasteiger partial charge in [0.1, 0.15) is 0 Å². The van der Waals surface area contributed by atoms with Crippen LogP contribution in [0, 0.1) is 0 Å². The molecular formula is C15H19N3S. The summed E-state index contributed by atoms with van der Waals surface area (Å²) in [7, 11) is 0. The number of nitrogens with zero attached hydrogens (tertiary/aromatic N) is 2. The van der Waals surface area contributed by atoms with Gasteiger partial charge in [0.15, 0.2) is 0 Å². The van der Waals surface area contributed by atoms with Crippen LogP contribution >= 0.6 is 11.3 Å². The minimum absolute atomic E-state index is 0.868. The third kappa shape index (κ3) is 2.73. The van der Waals surface area contributed by atoms with Crippen LogP contribution in [-0.4, -0.2) is 18.1 Å². The molecule has 19 heavy (non-hydrogen) atoms. The molecule has 0 aliphatic carbocycles. The lowest BCUT2D eigenvalue weighted by Crippen LogP contribution is -2.24. The number of aromatic nitrogens is 1. The van der Waals surface area contributed by atoms with Crippen molar-refractivity contribution >= 4 is 22.7 Å². The van der Waals surface area contributed by atoms with Gasteiger partial charge in [-0.3, -0.25) is 0 Å². The van der Waals surface area contributed by atoms with Gasteiger partial charge in [0.2, 0.25) is 0 Å². The van der Waals surface area contributed by atoms with Gasteiger partial charge in [0.25, 0.3) is 0 Å². The molecule has 3 rings (SSSR count). The molecule has 0 atom stereocenters. The SMILES string of the molecule is Nc1cc(-c2cscn2)ccc1N1CCCCCC1. The molecule has 1 aliphatic rings. The van der Waals surface area contributed by atoms with E-state index in [9.17, 15) is 0 Å². The van der Waals surface area contributed by atoms with Crippen molar-refractivity contribution in [2.24, 2.45) is 0 Å². The number of nitrogens with two attached hydrogens (primary N) is 1. The number of anilines is 2. The quantitative estimate of drug-likeness (QED) is 0.847. The van der Waals surface area contributed by atoms with Crippen LogP contribution < -0.4 is 10.6 Å². The topological polar surface area (TPSA) is 42.1 Å². The predicted molar refractivity (Wildman–Crippen MR) is 82.6 cm³/mol. The van der Waals surface area contributed by atoms with E-state index in [4.69, 9.17) is 5.73 Å². The molecule has 4 heteroatoms. The van der Waals surface area contributed by atoms with Crippen molar-refractivity contribution < 1.29 is 0 Å². The summed E-state index contributed by atoms with van der Waals surface area (Å²) < 4.78 is 0. The zero-order chi connectivity index (χ0) is 13.1. The minimum Gasteiger partial charge on any atom is -0.397 e. The number of hydrogen-bond donors (Lipinski definition) is 1. The third-order valence-electron chi connectivity index (χ3n) is 3.70. The number of benzene rings is 1. The van der Waals surface area contributed by atoms with Gasteiger partial charge in [0.05, 0.1) is 22.6 Å².